The third-order valence-electron chi connectivity index (χ3n) is 5.52. The zero-order valence-electron chi connectivity index (χ0n) is 19.9. The number of furan rings is 1. The van der Waals surface area contributed by atoms with Gasteiger partial charge in [0.15, 0.2) is 11.5 Å². The summed E-state index contributed by atoms with van der Waals surface area (Å²) in [5, 5.41) is 20.9. The van der Waals surface area contributed by atoms with Gasteiger partial charge in [-0.05, 0) is 56.0 Å². The number of ether oxygens (including phenoxy) is 2. The second-order valence-electron chi connectivity index (χ2n) is 8.17. The van der Waals surface area contributed by atoms with Gasteiger partial charge in [0.25, 0.3) is 5.76 Å². The largest absolute Gasteiger partial charge is 0.507 e. The molecule has 0 radical (unpaired) electrons. The quantitative estimate of drug-likeness (QED) is 0.196. The lowest BCUT2D eigenvalue weighted by molar-refractivity contribution is 0.00164. The number of hydrogen-bond acceptors (Lipinski definition) is 6. The van der Waals surface area contributed by atoms with Crippen LogP contribution < -0.4 is 9.47 Å². The first kappa shape index (κ1) is 24.9. The fourth-order valence-corrected chi connectivity index (χ4v) is 3.93. The number of rotatable bonds is 11. The number of aromatic hydroxyl groups is 1. The Morgan fingerprint density at radius 2 is 1.94 bits per heavy atom. The Morgan fingerprint density at radius 3 is 2.53 bits per heavy atom. The van der Waals surface area contributed by atoms with Crippen LogP contribution in [0.5, 0.6) is 17.2 Å². The van der Waals surface area contributed by atoms with Crippen molar-refractivity contribution in [3.8, 4) is 17.2 Å². The molecule has 0 fully saturated rings. The smallest absolute Gasteiger partial charge is 0.375 e. The number of hydrogen-bond donors (Lipinski definition) is 2. The van der Waals surface area contributed by atoms with Gasteiger partial charge in [0.05, 0.1) is 10.9 Å². The van der Waals surface area contributed by atoms with Crippen LogP contribution in [-0.4, -0.2) is 28.3 Å². The molecule has 2 N–H and O–H groups in total. The highest BCUT2D eigenvalue weighted by atomic mass is 16.7. The SMILES string of the molecule is C=CCc1cc(C)c2oc(C(=O)O)c(OC(CC)Oc3ccc(C(C)=O)c(O)c3CCC)c2c1. The number of phenolic OH excluding ortho intramolecular Hbond substituents is 1. The maximum absolute atomic E-state index is 11.9. The van der Waals surface area contributed by atoms with Gasteiger partial charge in [-0.25, -0.2) is 4.79 Å². The molecule has 1 unspecified atom stereocenters. The number of ketones is 1. The average molecular weight is 467 g/mol. The third kappa shape index (κ3) is 4.93. The van der Waals surface area contributed by atoms with Crippen LogP contribution in [0.2, 0.25) is 0 Å². The molecule has 0 aliphatic rings. The molecule has 1 heterocycles. The van der Waals surface area contributed by atoms with Crippen LogP contribution in [0.1, 0.15) is 71.2 Å². The summed E-state index contributed by atoms with van der Waals surface area (Å²) in [5.41, 5.74) is 2.91. The Kier molecular flexibility index (Phi) is 7.66. The number of allylic oxidation sites excluding steroid dienone is 1. The number of aromatic carboxylic acids is 1. The van der Waals surface area contributed by atoms with E-state index in [1.165, 1.54) is 13.0 Å². The first-order chi connectivity index (χ1) is 16.2. The second kappa shape index (κ2) is 10.5. The Balaban J connectivity index is 2.04. The molecule has 3 rings (SSSR count). The summed E-state index contributed by atoms with van der Waals surface area (Å²) in [5.74, 6) is -1.44. The number of carbonyl (C=O) groups excluding carboxylic acids is 1. The van der Waals surface area contributed by atoms with Crippen LogP contribution >= 0.6 is 0 Å². The van der Waals surface area contributed by atoms with Gasteiger partial charge >= 0.3 is 5.97 Å². The molecule has 0 spiro atoms. The highest BCUT2D eigenvalue weighted by molar-refractivity contribution is 5.99. The van der Waals surface area contributed by atoms with E-state index >= 15 is 0 Å². The van der Waals surface area contributed by atoms with Gasteiger partial charge in [0, 0.05) is 12.0 Å². The maximum atomic E-state index is 11.9. The van der Waals surface area contributed by atoms with E-state index < -0.39 is 12.3 Å². The Labute approximate surface area is 198 Å². The van der Waals surface area contributed by atoms with E-state index in [9.17, 15) is 19.8 Å². The van der Waals surface area contributed by atoms with Crippen molar-refractivity contribution in [1.82, 2.24) is 0 Å². The molecule has 0 aliphatic heterocycles. The minimum Gasteiger partial charge on any atom is -0.507 e. The van der Waals surface area contributed by atoms with Gasteiger partial charge in [-0.15, -0.1) is 6.58 Å². The fourth-order valence-electron chi connectivity index (χ4n) is 3.93. The molecule has 0 saturated heterocycles. The summed E-state index contributed by atoms with van der Waals surface area (Å²) >= 11 is 0. The molecule has 1 atom stereocenters. The summed E-state index contributed by atoms with van der Waals surface area (Å²) in [6.07, 6.45) is 3.13. The van der Waals surface area contributed by atoms with Crippen LogP contribution in [0.15, 0.2) is 41.3 Å². The topological polar surface area (TPSA) is 106 Å². The molecular weight excluding hydrogens is 436 g/mol. The van der Waals surface area contributed by atoms with Gasteiger partial charge in [-0.3, -0.25) is 4.79 Å². The Morgan fingerprint density at radius 1 is 1.21 bits per heavy atom. The lowest BCUT2D eigenvalue weighted by Gasteiger charge is -2.22. The number of carbonyl (C=O) groups is 2. The van der Waals surface area contributed by atoms with E-state index in [0.29, 0.717) is 41.5 Å². The van der Waals surface area contributed by atoms with Crippen molar-refractivity contribution in [3.63, 3.8) is 0 Å². The van der Waals surface area contributed by atoms with Crippen molar-refractivity contribution >= 4 is 22.7 Å². The molecule has 7 heteroatoms. The van der Waals surface area contributed by atoms with Crippen molar-refractivity contribution in [2.24, 2.45) is 0 Å². The van der Waals surface area contributed by atoms with Crippen LogP contribution in [0.25, 0.3) is 11.0 Å². The number of Topliss-reactive ketones (excluding diaryl/α,β-unsaturated/α-hetero) is 1. The molecule has 1 aromatic heterocycles. The average Bonchev–Trinajstić information content (AvgIpc) is 3.14. The van der Waals surface area contributed by atoms with Crippen molar-refractivity contribution in [2.45, 2.75) is 59.7 Å². The molecule has 0 bridgehead atoms. The predicted octanol–water partition coefficient (Wildman–Crippen LogP) is 6.22. The predicted molar refractivity (Wildman–Crippen MR) is 129 cm³/mol. The first-order valence-electron chi connectivity index (χ1n) is 11.3. The van der Waals surface area contributed by atoms with E-state index in [1.54, 1.807) is 12.1 Å². The van der Waals surface area contributed by atoms with E-state index in [1.807, 2.05) is 32.9 Å². The molecule has 0 saturated carbocycles. The van der Waals surface area contributed by atoms with Gasteiger partial charge in [-0.2, -0.15) is 0 Å². The van der Waals surface area contributed by atoms with Crippen LogP contribution in [0.3, 0.4) is 0 Å². The summed E-state index contributed by atoms with van der Waals surface area (Å²) in [4.78, 5) is 23.8. The summed E-state index contributed by atoms with van der Waals surface area (Å²) in [7, 11) is 0. The van der Waals surface area contributed by atoms with Gasteiger partial charge in [0.1, 0.15) is 17.1 Å². The normalized spacial score (nSPS) is 11.9. The standard InChI is InChI=1S/C27H30O7/c1-6-9-17-13-15(4)24-20(14-17)25(26(34-24)27(30)31)33-22(8-3)32-21-12-11-18(16(5)28)23(29)19(21)10-7-2/h6,11-14,22,29H,1,7-10H2,2-5H3,(H,30,31). The molecule has 7 nitrogen and oxygen atoms in total. The number of carboxylic acids is 1. The summed E-state index contributed by atoms with van der Waals surface area (Å²) < 4.78 is 17.8. The Hall–Kier alpha value is -3.74. The van der Waals surface area contributed by atoms with Crippen LogP contribution in [0, 0.1) is 6.92 Å². The maximum Gasteiger partial charge on any atom is 0.375 e. The third-order valence-corrected chi connectivity index (χ3v) is 5.52. The number of carboxylic acid groups (broad SMARTS) is 1. The van der Waals surface area contributed by atoms with Gasteiger partial charge in [-0.1, -0.05) is 32.4 Å². The van der Waals surface area contributed by atoms with Crippen LogP contribution in [-0.2, 0) is 12.8 Å². The van der Waals surface area contributed by atoms with E-state index in [-0.39, 0.29) is 28.6 Å². The van der Waals surface area contributed by atoms with Crippen molar-refractivity contribution in [2.75, 3.05) is 0 Å². The van der Waals surface area contributed by atoms with Crippen molar-refractivity contribution in [3.05, 3.63) is 64.9 Å². The fraction of sp³-hybridized carbons (Fsp3) is 0.333. The monoisotopic (exact) mass is 466 g/mol. The lowest BCUT2D eigenvalue weighted by atomic mass is 10.0. The minimum atomic E-state index is -1.25. The highest BCUT2D eigenvalue weighted by Gasteiger charge is 2.27. The molecular formula is C27H30O7. The Bertz CT molecular complexity index is 1240. The number of phenols is 1. The van der Waals surface area contributed by atoms with Crippen molar-refractivity contribution < 1.29 is 33.7 Å². The van der Waals surface area contributed by atoms with Crippen molar-refractivity contribution in [1.29, 1.82) is 0 Å². The second-order valence-corrected chi connectivity index (χ2v) is 8.17. The lowest BCUT2D eigenvalue weighted by Crippen LogP contribution is -2.24. The number of fused-ring (bicyclic) bond motifs is 1. The zero-order chi connectivity index (χ0) is 25.0. The molecule has 3 aromatic rings. The minimum absolute atomic E-state index is 0.0879. The number of benzene rings is 2. The molecule has 0 aliphatic carbocycles. The molecule has 0 amide bonds. The molecule has 180 valence electrons. The summed E-state index contributed by atoms with van der Waals surface area (Å²) in [6.45, 7) is 10.8. The van der Waals surface area contributed by atoms with Gasteiger partial charge in [0.2, 0.25) is 6.29 Å². The first-order valence-corrected chi connectivity index (χ1v) is 11.3. The van der Waals surface area contributed by atoms with Crippen LogP contribution in [0.4, 0.5) is 0 Å². The number of aryl methyl sites for hydroxylation is 1. The summed E-state index contributed by atoms with van der Waals surface area (Å²) in [6, 6.07) is 6.90. The molecule has 34 heavy (non-hydrogen) atoms. The zero-order valence-corrected chi connectivity index (χ0v) is 19.9. The highest BCUT2D eigenvalue weighted by Crippen LogP contribution is 2.38. The molecule has 2 aromatic carbocycles. The van der Waals surface area contributed by atoms with Gasteiger partial charge < -0.3 is 24.1 Å². The van der Waals surface area contributed by atoms with E-state index in [0.717, 1.165) is 17.5 Å². The van der Waals surface area contributed by atoms with E-state index in [4.69, 9.17) is 13.9 Å². The van der Waals surface area contributed by atoms with E-state index in [2.05, 4.69) is 6.58 Å².